The summed E-state index contributed by atoms with van der Waals surface area (Å²) in [4.78, 5) is 32.0. The zero-order valence-corrected chi connectivity index (χ0v) is 10.7. The maximum Gasteiger partial charge on any atom is 0.331 e. The summed E-state index contributed by atoms with van der Waals surface area (Å²) in [6.45, 7) is 0. The normalized spacial score (nSPS) is 10.1. The fraction of sp³-hybridized carbons (Fsp3) is 0.0909. The topological polar surface area (TPSA) is 133 Å². The van der Waals surface area contributed by atoms with Crippen molar-refractivity contribution in [1.29, 1.82) is 0 Å². The van der Waals surface area contributed by atoms with E-state index in [2.05, 4.69) is 10.4 Å². The van der Waals surface area contributed by atoms with Crippen LogP contribution in [0.4, 0.5) is 17.2 Å². The lowest BCUT2D eigenvalue weighted by atomic mass is 10.2. The van der Waals surface area contributed by atoms with Gasteiger partial charge in [-0.1, -0.05) is 0 Å². The van der Waals surface area contributed by atoms with Crippen LogP contribution in [0.5, 0.6) is 0 Å². The molecule has 1 N–H and O–H groups in total. The van der Waals surface area contributed by atoms with E-state index in [4.69, 9.17) is 0 Å². The SMILES string of the molecule is Cn1ncc([N+](=O)[O-])c1NC(=O)c1ccc([N+](=O)[O-])cc1. The van der Waals surface area contributed by atoms with Gasteiger partial charge in [-0.15, -0.1) is 0 Å². The molecule has 21 heavy (non-hydrogen) atoms. The van der Waals surface area contributed by atoms with Crippen LogP contribution in [-0.4, -0.2) is 25.5 Å². The summed E-state index contributed by atoms with van der Waals surface area (Å²) in [6, 6.07) is 4.87. The number of aryl methyl sites for hydroxylation is 1. The molecule has 0 saturated heterocycles. The third-order valence-electron chi connectivity index (χ3n) is 2.69. The lowest BCUT2D eigenvalue weighted by molar-refractivity contribution is -0.384. The molecule has 0 aliphatic carbocycles. The lowest BCUT2D eigenvalue weighted by Crippen LogP contribution is -2.15. The summed E-state index contributed by atoms with van der Waals surface area (Å²) in [5.74, 6) is -0.694. The second-order valence-corrected chi connectivity index (χ2v) is 4.02. The van der Waals surface area contributed by atoms with Crippen LogP contribution in [0.2, 0.25) is 0 Å². The van der Waals surface area contributed by atoms with Crippen molar-refractivity contribution in [2.24, 2.45) is 7.05 Å². The second-order valence-electron chi connectivity index (χ2n) is 4.02. The standard InChI is InChI=1S/C11H9N5O5/c1-14-10(9(6-12-14)16(20)21)13-11(17)7-2-4-8(5-3-7)15(18)19/h2-6H,1H3,(H,13,17). The van der Waals surface area contributed by atoms with Crippen LogP contribution in [-0.2, 0) is 7.05 Å². The van der Waals surface area contributed by atoms with Crippen molar-refractivity contribution in [3.63, 3.8) is 0 Å². The average Bonchev–Trinajstić information content (AvgIpc) is 2.80. The molecule has 0 spiro atoms. The quantitative estimate of drug-likeness (QED) is 0.670. The van der Waals surface area contributed by atoms with Crippen molar-refractivity contribution < 1.29 is 14.6 Å². The molecule has 0 unspecified atom stereocenters. The fourth-order valence-electron chi connectivity index (χ4n) is 1.62. The summed E-state index contributed by atoms with van der Waals surface area (Å²) >= 11 is 0. The lowest BCUT2D eigenvalue weighted by Gasteiger charge is -2.04. The predicted molar refractivity (Wildman–Crippen MR) is 70.9 cm³/mol. The largest absolute Gasteiger partial charge is 0.331 e. The second kappa shape index (κ2) is 5.36. The molecule has 10 heteroatoms. The Morgan fingerprint density at radius 1 is 1.19 bits per heavy atom. The van der Waals surface area contributed by atoms with Gasteiger partial charge in [-0.2, -0.15) is 5.10 Å². The van der Waals surface area contributed by atoms with Crippen molar-refractivity contribution in [2.75, 3.05) is 5.32 Å². The molecule has 0 fully saturated rings. The molecule has 0 aliphatic rings. The molecule has 108 valence electrons. The summed E-state index contributed by atoms with van der Waals surface area (Å²) in [7, 11) is 1.44. The van der Waals surface area contributed by atoms with Crippen LogP contribution >= 0.6 is 0 Å². The molecule has 0 atom stereocenters. The molecule has 2 rings (SSSR count). The van der Waals surface area contributed by atoms with Crippen LogP contribution in [0.1, 0.15) is 10.4 Å². The number of nitrogens with one attached hydrogen (secondary N) is 1. The van der Waals surface area contributed by atoms with E-state index in [9.17, 15) is 25.0 Å². The van der Waals surface area contributed by atoms with Crippen molar-refractivity contribution in [3.8, 4) is 0 Å². The number of non-ortho nitro benzene ring substituents is 1. The molecule has 1 heterocycles. The Bertz CT molecular complexity index is 721. The van der Waals surface area contributed by atoms with Gasteiger partial charge in [0.05, 0.1) is 9.85 Å². The Morgan fingerprint density at radius 2 is 1.81 bits per heavy atom. The third kappa shape index (κ3) is 2.83. The Kier molecular flexibility index (Phi) is 3.61. The molecule has 0 aliphatic heterocycles. The zero-order chi connectivity index (χ0) is 15.6. The molecule has 1 aromatic carbocycles. The van der Waals surface area contributed by atoms with Crippen molar-refractivity contribution in [1.82, 2.24) is 9.78 Å². The van der Waals surface area contributed by atoms with E-state index in [0.717, 1.165) is 10.9 Å². The number of hydrogen-bond acceptors (Lipinski definition) is 6. The van der Waals surface area contributed by atoms with Gasteiger partial charge in [0, 0.05) is 24.7 Å². The number of aromatic nitrogens is 2. The van der Waals surface area contributed by atoms with Gasteiger partial charge in [-0.25, -0.2) is 4.68 Å². The third-order valence-corrected chi connectivity index (χ3v) is 2.69. The van der Waals surface area contributed by atoms with Crippen LogP contribution in [0.3, 0.4) is 0 Å². The first-order chi connectivity index (χ1) is 9.90. The molecule has 1 aromatic heterocycles. The van der Waals surface area contributed by atoms with Gasteiger partial charge in [0.15, 0.2) is 0 Å². The smallest absolute Gasteiger partial charge is 0.301 e. The molecular weight excluding hydrogens is 282 g/mol. The highest BCUT2D eigenvalue weighted by Crippen LogP contribution is 2.23. The summed E-state index contributed by atoms with van der Waals surface area (Å²) in [5, 5.41) is 27.4. The number of hydrogen-bond donors (Lipinski definition) is 1. The van der Waals surface area contributed by atoms with E-state index in [-0.39, 0.29) is 22.8 Å². The first-order valence-corrected chi connectivity index (χ1v) is 5.62. The Labute approximate surface area is 117 Å². The molecule has 10 nitrogen and oxygen atoms in total. The van der Waals surface area contributed by atoms with E-state index in [1.165, 1.54) is 31.3 Å². The molecule has 0 saturated carbocycles. The van der Waals surface area contributed by atoms with E-state index >= 15 is 0 Å². The van der Waals surface area contributed by atoms with Crippen LogP contribution in [0.25, 0.3) is 0 Å². The number of anilines is 1. The Hall–Kier alpha value is -3.30. The number of carbonyl (C=O) groups is 1. The maximum atomic E-state index is 12.0. The molecule has 1 amide bonds. The predicted octanol–water partition coefficient (Wildman–Crippen LogP) is 1.49. The maximum absolute atomic E-state index is 12.0. The van der Waals surface area contributed by atoms with Gasteiger partial charge in [-0.05, 0) is 12.1 Å². The summed E-state index contributed by atoms with van der Waals surface area (Å²) in [5.41, 5.74) is -0.359. The Balaban J connectivity index is 2.24. The number of nitro benzene ring substituents is 1. The van der Waals surface area contributed by atoms with E-state index in [1.807, 2.05) is 0 Å². The van der Waals surface area contributed by atoms with Gasteiger partial charge in [0.25, 0.3) is 11.6 Å². The number of carbonyl (C=O) groups excluding carboxylic acids is 1. The van der Waals surface area contributed by atoms with E-state index in [0.29, 0.717) is 0 Å². The zero-order valence-electron chi connectivity index (χ0n) is 10.7. The summed E-state index contributed by atoms with van der Waals surface area (Å²) < 4.78 is 1.15. The highest BCUT2D eigenvalue weighted by atomic mass is 16.6. The van der Waals surface area contributed by atoms with E-state index < -0.39 is 15.8 Å². The van der Waals surface area contributed by atoms with Crippen LogP contribution in [0, 0.1) is 20.2 Å². The van der Waals surface area contributed by atoms with Gasteiger partial charge < -0.3 is 5.32 Å². The van der Waals surface area contributed by atoms with Crippen LogP contribution < -0.4 is 5.32 Å². The first kappa shape index (κ1) is 14.1. The number of amides is 1. The van der Waals surface area contributed by atoms with Crippen molar-refractivity contribution in [2.45, 2.75) is 0 Å². The highest BCUT2D eigenvalue weighted by molar-refractivity contribution is 6.04. The average molecular weight is 291 g/mol. The molecular formula is C11H9N5O5. The first-order valence-electron chi connectivity index (χ1n) is 5.62. The van der Waals surface area contributed by atoms with Gasteiger partial charge in [0.1, 0.15) is 6.20 Å². The monoisotopic (exact) mass is 291 g/mol. The minimum absolute atomic E-state index is 0.0663. The fourth-order valence-corrected chi connectivity index (χ4v) is 1.62. The number of rotatable bonds is 4. The number of benzene rings is 1. The van der Waals surface area contributed by atoms with Gasteiger partial charge in [-0.3, -0.25) is 25.0 Å². The van der Waals surface area contributed by atoms with Crippen molar-refractivity contribution in [3.05, 3.63) is 56.3 Å². The number of nitro groups is 2. The minimum Gasteiger partial charge on any atom is -0.301 e. The van der Waals surface area contributed by atoms with Crippen molar-refractivity contribution >= 4 is 23.1 Å². The molecule has 0 bridgehead atoms. The van der Waals surface area contributed by atoms with Gasteiger partial charge in [0.2, 0.25) is 5.82 Å². The van der Waals surface area contributed by atoms with Gasteiger partial charge >= 0.3 is 5.69 Å². The molecule has 2 aromatic rings. The highest BCUT2D eigenvalue weighted by Gasteiger charge is 2.21. The Morgan fingerprint density at radius 3 is 2.33 bits per heavy atom. The minimum atomic E-state index is -0.668. The van der Waals surface area contributed by atoms with E-state index in [1.54, 1.807) is 0 Å². The number of nitrogens with zero attached hydrogens (tertiary/aromatic N) is 4. The molecule has 0 radical (unpaired) electrons. The summed E-state index contributed by atoms with van der Waals surface area (Å²) in [6.07, 6.45) is 1.02. The van der Waals surface area contributed by atoms with Crippen LogP contribution in [0.15, 0.2) is 30.5 Å².